The summed E-state index contributed by atoms with van der Waals surface area (Å²) in [5, 5.41) is 9.86. The van der Waals surface area contributed by atoms with E-state index in [1.807, 2.05) is 0 Å². The first kappa shape index (κ1) is 8.27. The van der Waals surface area contributed by atoms with Crippen molar-refractivity contribution in [3.05, 3.63) is 21.4 Å². The minimum atomic E-state index is -0.177. The third-order valence-corrected chi connectivity index (χ3v) is 3.64. The molecule has 0 radical (unpaired) electrons. The lowest BCUT2D eigenvalue weighted by atomic mass is 10.1. The van der Waals surface area contributed by atoms with E-state index in [4.69, 9.17) is 0 Å². The summed E-state index contributed by atoms with van der Waals surface area (Å²) in [6, 6.07) is 2.16. The van der Waals surface area contributed by atoms with Gasteiger partial charge in [0.05, 0.1) is 6.10 Å². The highest BCUT2D eigenvalue weighted by molar-refractivity contribution is 7.12. The van der Waals surface area contributed by atoms with Gasteiger partial charge in [-0.1, -0.05) is 0 Å². The predicted octanol–water partition coefficient (Wildman–Crippen LogP) is 2.81. The molecular weight excluding hydrogens is 168 g/mol. The van der Waals surface area contributed by atoms with E-state index in [-0.39, 0.29) is 6.10 Å². The Hall–Kier alpha value is -0.340. The Labute approximate surface area is 77.0 Å². The van der Waals surface area contributed by atoms with Crippen LogP contribution in [0.4, 0.5) is 0 Å². The summed E-state index contributed by atoms with van der Waals surface area (Å²) in [6.07, 6.45) is 2.23. The second-order valence-corrected chi connectivity index (χ2v) is 4.97. The van der Waals surface area contributed by atoms with Crippen LogP contribution in [0.5, 0.6) is 0 Å². The second-order valence-electron chi connectivity index (χ2n) is 3.69. The van der Waals surface area contributed by atoms with Crippen molar-refractivity contribution < 1.29 is 5.11 Å². The molecule has 1 N–H and O–H groups in total. The van der Waals surface area contributed by atoms with Crippen LogP contribution in [0.15, 0.2) is 6.07 Å². The van der Waals surface area contributed by atoms with Crippen LogP contribution in [-0.2, 0) is 0 Å². The van der Waals surface area contributed by atoms with Crippen LogP contribution in [0, 0.1) is 19.8 Å². The molecule has 12 heavy (non-hydrogen) atoms. The molecule has 66 valence electrons. The molecule has 1 saturated carbocycles. The van der Waals surface area contributed by atoms with Crippen molar-refractivity contribution in [1.29, 1.82) is 0 Å². The molecule has 1 unspecified atom stereocenters. The van der Waals surface area contributed by atoms with Crippen LogP contribution in [-0.4, -0.2) is 5.11 Å². The van der Waals surface area contributed by atoms with Gasteiger partial charge >= 0.3 is 0 Å². The molecule has 1 aromatic rings. The van der Waals surface area contributed by atoms with Crippen molar-refractivity contribution in [3.8, 4) is 0 Å². The Bertz CT molecular complexity index is 286. The van der Waals surface area contributed by atoms with Gasteiger partial charge in [-0.3, -0.25) is 0 Å². The van der Waals surface area contributed by atoms with Gasteiger partial charge in [-0.15, -0.1) is 11.3 Å². The number of aliphatic hydroxyl groups is 1. The summed E-state index contributed by atoms with van der Waals surface area (Å²) in [4.78, 5) is 2.50. The lowest BCUT2D eigenvalue weighted by Gasteiger charge is -2.06. The summed E-state index contributed by atoms with van der Waals surface area (Å²) in [6.45, 7) is 4.19. The van der Waals surface area contributed by atoms with Gasteiger partial charge in [0.25, 0.3) is 0 Å². The fourth-order valence-electron chi connectivity index (χ4n) is 1.58. The first-order chi connectivity index (χ1) is 5.68. The minimum Gasteiger partial charge on any atom is -0.387 e. The Kier molecular flexibility index (Phi) is 1.97. The van der Waals surface area contributed by atoms with Crippen LogP contribution in [0.25, 0.3) is 0 Å². The lowest BCUT2D eigenvalue weighted by Crippen LogP contribution is -1.97. The third-order valence-electron chi connectivity index (χ3n) is 2.42. The summed E-state index contributed by atoms with van der Waals surface area (Å²) in [7, 11) is 0. The number of hydrogen-bond acceptors (Lipinski definition) is 2. The second kappa shape index (κ2) is 2.86. The molecule has 0 aliphatic heterocycles. The van der Waals surface area contributed by atoms with Crippen LogP contribution >= 0.6 is 11.3 Å². The number of rotatable bonds is 2. The molecule has 2 heteroatoms. The number of aliphatic hydroxyl groups excluding tert-OH is 1. The Balaban J connectivity index is 2.25. The zero-order chi connectivity index (χ0) is 8.72. The molecule has 1 heterocycles. The van der Waals surface area contributed by atoms with E-state index in [1.54, 1.807) is 11.3 Å². The van der Waals surface area contributed by atoms with Crippen LogP contribution in [0.1, 0.15) is 34.3 Å². The van der Waals surface area contributed by atoms with Crippen molar-refractivity contribution in [3.63, 3.8) is 0 Å². The molecule has 1 aliphatic rings. The highest BCUT2D eigenvalue weighted by atomic mass is 32.1. The van der Waals surface area contributed by atoms with E-state index in [0.717, 1.165) is 0 Å². The molecule has 0 amide bonds. The largest absolute Gasteiger partial charge is 0.387 e. The van der Waals surface area contributed by atoms with Gasteiger partial charge in [-0.05, 0) is 44.2 Å². The highest BCUT2D eigenvalue weighted by Crippen LogP contribution is 2.43. The van der Waals surface area contributed by atoms with Crippen molar-refractivity contribution >= 4 is 11.3 Å². The fraction of sp³-hybridized carbons (Fsp3) is 0.600. The van der Waals surface area contributed by atoms with Gasteiger partial charge in [0.2, 0.25) is 0 Å². The zero-order valence-corrected chi connectivity index (χ0v) is 8.32. The summed E-state index contributed by atoms with van der Waals surface area (Å²) in [5.41, 5.74) is 1.26. The number of aryl methyl sites for hydroxylation is 2. The van der Waals surface area contributed by atoms with E-state index < -0.39 is 0 Å². The zero-order valence-electron chi connectivity index (χ0n) is 7.50. The average molecular weight is 182 g/mol. The van der Waals surface area contributed by atoms with Crippen molar-refractivity contribution in [2.24, 2.45) is 5.92 Å². The average Bonchev–Trinajstić information content (AvgIpc) is 2.77. The molecule has 2 rings (SSSR count). The van der Waals surface area contributed by atoms with E-state index in [1.165, 1.54) is 28.2 Å². The molecule has 1 atom stereocenters. The van der Waals surface area contributed by atoms with E-state index in [0.29, 0.717) is 5.92 Å². The van der Waals surface area contributed by atoms with Crippen molar-refractivity contribution in [2.45, 2.75) is 32.8 Å². The van der Waals surface area contributed by atoms with Gasteiger partial charge in [0, 0.05) is 9.75 Å². The van der Waals surface area contributed by atoms with Crippen LogP contribution in [0.2, 0.25) is 0 Å². The minimum absolute atomic E-state index is 0.177. The summed E-state index contributed by atoms with van der Waals surface area (Å²) < 4.78 is 0. The first-order valence-corrected chi connectivity index (χ1v) is 5.25. The smallest absolute Gasteiger partial charge is 0.0912 e. The van der Waals surface area contributed by atoms with Gasteiger partial charge in [-0.2, -0.15) is 0 Å². The van der Waals surface area contributed by atoms with Gasteiger partial charge in [0.1, 0.15) is 0 Å². The van der Waals surface area contributed by atoms with Crippen molar-refractivity contribution in [1.82, 2.24) is 0 Å². The highest BCUT2D eigenvalue weighted by Gasteiger charge is 2.32. The molecule has 0 spiro atoms. The standard InChI is InChI=1S/C10H14OS/c1-6-5-7(2)12-10(6)9(11)8-3-4-8/h5,8-9,11H,3-4H2,1-2H3. The predicted molar refractivity (Wildman–Crippen MR) is 51.5 cm³/mol. The normalized spacial score (nSPS) is 19.6. The van der Waals surface area contributed by atoms with Gasteiger partial charge in [0.15, 0.2) is 0 Å². The molecule has 1 aromatic heterocycles. The van der Waals surface area contributed by atoms with E-state index >= 15 is 0 Å². The molecule has 0 bridgehead atoms. The first-order valence-electron chi connectivity index (χ1n) is 4.43. The van der Waals surface area contributed by atoms with Crippen molar-refractivity contribution in [2.75, 3.05) is 0 Å². The van der Waals surface area contributed by atoms with Gasteiger partial charge < -0.3 is 5.11 Å². The molecular formula is C10H14OS. The SMILES string of the molecule is Cc1cc(C)c(C(O)C2CC2)s1. The quantitative estimate of drug-likeness (QED) is 0.745. The summed E-state index contributed by atoms with van der Waals surface area (Å²) >= 11 is 1.74. The Morgan fingerprint density at radius 3 is 2.58 bits per heavy atom. The topological polar surface area (TPSA) is 20.2 Å². The molecule has 0 aromatic carbocycles. The van der Waals surface area contributed by atoms with Crippen LogP contribution in [0.3, 0.4) is 0 Å². The molecule has 1 fully saturated rings. The third kappa shape index (κ3) is 1.41. The maximum atomic E-state index is 9.86. The van der Waals surface area contributed by atoms with Crippen LogP contribution < -0.4 is 0 Å². The molecule has 1 aliphatic carbocycles. The maximum absolute atomic E-state index is 9.86. The lowest BCUT2D eigenvalue weighted by molar-refractivity contribution is 0.157. The number of thiophene rings is 1. The molecule has 0 saturated heterocycles. The van der Waals surface area contributed by atoms with Gasteiger partial charge in [-0.25, -0.2) is 0 Å². The Morgan fingerprint density at radius 1 is 1.50 bits per heavy atom. The summed E-state index contributed by atoms with van der Waals surface area (Å²) in [5.74, 6) is 0.557. The number of hydrogen-bond donors (Lipinski definition) is 1. The fourth-order valence-corrected chi connectivity index (χ4v) is 2.69. The maximum Gasteiger partial charge on any atom is 0.0912 e. The Morgan fingerprint density at radius 2 is 2.17 bits per heavy atom. The van der Waals surface area contributed by atoms with E-state index in [9.17, 15) is 5.11 Å². The molecule has 1 nitrogen and oxygen atoms in total. The van der Waals surface area contributed by atoms with E-state index in [2.05, 4.69) is 19.9 Å². The monoisotopic (exact) mass is 182 g/mol.